The Labute approximate surface area is 141 Å². The summed E-state index contributed by atoms with van der Waals surface area (Å²) < 4.78 is 24.9. The summed E-state index contributed by atoms with van der Waals surface area (Å²) in [4.78, 5) is 6.52. The third-order valence-electron chi connectivity index (χ3n) is 4.66. The molecular formula is C19H21FN2O2. The van der Waals surface area contributed by atoms with Gasteiger partial charge in [-0.05, 0) is 36.1 Å². The lowest BCUT2D eigenvalue weighted by Crippen LogP contribution is -2.33. The van der Waals surface area contributed by atoms with Crippen LogP contribution in [0.4, 0.5) is 4.39 Å². The second-order valence-electron chi connectivity index (χ2n) is 6.42. The maximum atomic E-state index is 13.2. The number of ether oxygens (including phenoxy) is 2. The first-order valence-electron chi connectivity index (χ1n) is 8.48. The minimum atomic E-state index is -0.622. The number of alkyl halides is 1. The zero-order chi connectivity index (χ0) is 16.4. The van der Waals surface area contributed by atoms with Gasteiger partial charge in [-0.25, -0.2) is 9.37 Å². The van der Waals surface area contributed by atoms with Gasteiger partial charge in [0.05, 0.1) is 0 Å². The summed E-state index contributed by atoms with van der Waals surface area (Å²) in [6.45, 7) is 3.04. The smallest absolute Gasteiger partial charge is 0.257 e. The van der Waals surface area contributed by atoms with Gasteiger partial charge >= 0.3 is 0 Å². The molecule has 1 unspecified atom stereocenters. The molecule has 3 heterocycles. The van der Waals surface area contributed by atoms with E-state index in [0.29, 0.717) is 31.1 Å². The predicted molar refractivity (Wildman–Crippen MR) is 89.0 cm³/mol. The van der Waals surface area contributed by atoms with Crippen molar-refractivity contribution in [2.45, 2.75) is 31.7 Å². The Morgan fingerprint density at radius 1 is 1.12 bits per heavy atom. The fourth-order valence-electron chi connectivity index (χ4n) is 3.23. The van der Waals surface area contributed by atoms with E-state index in [0.717, 1.165) is 25.2 Å². The molecule has 0 amide bonds. The van der Waals surface area contributed by atoms with Crippen LogP contribution in [0.1, 0.15) is 30.1 Å². The van der Waals surface area contributed by atoms with E-state index in [1.807, 2.05) is 12.1 Å². The molecule has 2 aliphatic heterocycles. The first-order chi connectivity index (χ1) is 11.8. The number of halogens is 1. The second kappa shape index (κ2) is 6.77. The number of piperidine rings is 1. The van der Waals surface area contributed by atoms with Gasteiger partial charge in [0.2, 0.25) is 0 Å². The number of aromatic nitrogens is 1. The standard InChI is InChI=1S/C19H21FN2O2/c20-16-7-10-22(11-8-16)12-14-3-5-15(6-4-14)18-13-23-17-2-1-9-21-19(17)24-18/h1-6,9,16,18H,7-8,10-13H2. The SMILES string of the molecule is FC1CCN(Cc2ccc(C3COc4cccnc4O3)cc2)CC1. The summed E-state index contributed by atoms with van der Waals surface area (Å²) in [6, 6.07) is 12.1. The van der Waals surface area contributed by atoms with Gasteiger partial charge in [-0.1, -0.05) is 24.3 Å². The summed E-state index contributed by atoms with van der Waals surface area (Å²) in [5.74, 6) is 1.24. The molecule has 1 saturated heterocycles. The first kappa shape index (κ1) is 15.4. The maximum absolute atomic E-state index is 13.2. The Balaban J connectivity index is 1.39. The third-order valence-corrected chi connectivity index (χ3v) is 4.66. The summed E-state index contributed by atoms with van der Waals surface area (Å²) in [5.41, 5.74) is 2.32. The van der Waals surface area contributed by atoms with E-state index in [4.69, 9.17) is 9.47 Å². The van der Waals surface area contributed by atoms with Gasteiger partial charge in [0.15, 0.2) is 11.9 Å². The molecule has 24 heavy (non-hydrogen) atoms. The minimum absolute atomic E-state index is 0.135. The van der Waals surface area contributed by atoms with E-state index in [1.54, 1.807) is 6.20 Å². The van der Waals surface area contributed by atoms with Gasteiger partial charge < -0.3 is 9.47 Å². The van der Waals surface area contributed by atoms with E-state index in [9.17, 15) is 4.39 Å². The molecule has 0 N–H and O–H groups in total. The van der Waals surface area contributed by atoms with Gasteiger partial charge in [0.25, 0.3) is 5.88 Å². The zero-order valence-electron chi connectivity index (χ0n) is 13.5. The van der Waals surface area contributed by atoms with E-state index in [1.165, 1.54) is 5.56 Å². The molecule has 126 valence electrons. The lowest BCUT2D eigenvalue weighted by atomic mass is 10.0. The Bertz CT molecular complexity index is 684. The largest absolute Gasteiger partial charge is 0.484 e. The van der Waals surface area contributed by atoms with Gasteiger partial charge in [-0.2, -0.15) is 0 Å². The van der Waals surface area contributed by atoms with Crippen LogP contribution in [0.5, 0.6) is 11.6 Å². The first-order valence-corrected chi connectivity index (χ1v) is 8.48. The molecular weight excluding hydrogens is 307 g/mol. The van der Waals surface area contributed by atoms with Crippen molar-refractivity contribution in [1.82, 2.24) is 9.88 Å². The van der Waals surface area contributed by atoms with Gasteiger partial charge in [0, 0.05) is 25.8 Å². The number of hydrogen-bond acceptors (Lipinski definition) is 4. The fraction of sp³-hybridized carbons (Fsp3) is 0.421. The Kier molecular flexibility index (Phi) is 4.34. The van der Waals surface area contributed by atoms with Crippen molar-refractivity contribution in [3.63, 3.8) is 0 Å². The van der Waals surface area contributed by atoms with Crippen LogP contribution in [-0.4, -0.2) is 35.8 Å². The van der Waals surface area contributed by atoms with E-state index in [-0.39, 0.29) is 6.10 Å². The van der Waals surface area contributed by atoms with Crippen molar-refractivity contribution in [3.8, 4) is 11.6 Å². The number of fused-ring (bicyclic) bond motifs is 1. The second-order valence-corrected chi connectivity index (χ2v) is 6.42. The van der Waals surface area contributed by atoms with Crippen molar-refractivity contribution in [2.75, 3.05) is 19.7 Å². The predicted octanol–water partition coefficient (Wildman–Crippen LogP) is 3.53. The molecule has 0 radical (unpaired) electrons. The monoisotopic (exact) mass is 328 g/mol. The Morgan fingerprint density at radius 3 is 2.71 bits per heavy atom. The van der Waals surface area contributed by atoms with E-state index in [2.05, 4.69) is 34.1 Å². The van der Waals surface area contributed by atoms with Crippen molar-refractivity contribution in [3.05, 3.63) is 53.7 Å². The average molecular weight is 328 g/mol. The molecule has 1 aromatic heterocycles. The molecule has 0 bridgehead atoms. The summed E-state index contributed by atoms with van der Waals surface area (Å²) in [6.07, 6.45) is 2.25. The number of hydrogen-bond donors (Lipinski definition) is 0. The average Bonchev–Trinajstić information content (AvgIpc) is 2.64. The molecule has 4 rings (SSSR count). The van der Waals surface area contributed by atoms with Crippen LogP contribution in [0.15, 0.2) is 42.6 Å². The van der Waals surface area contributed by atoms with Crippen LogP contribution in [0, 0.1) is 0 Å². The van der Waals surface area contributed by atoms with Gasteiger partial charge in [-0.3, -0.25) is 4.90 Å². The molecule has 1 fully saturated rings. The molecule has 0 aliphatic carbocycles. The van der Waals surface area contributed by atoms with Gasteiger partial charge in [-0.15, -0.1) is 0 Å². The lowest BCUT2D eigenvalue weighted by Gasteiger charge is -2.29. The van der Waals surface area contributed by atoms with Crippen molar-refractivity contribution in [1.29, 1.82) is 0 Å². The van der Waals surface area contributed by atoms with E-state index >= 15 is 0 Å². The Morgan fingerprint density at radius 2 is 1.92 bits per heavy atom. The molecule has 4 nitrogen and oxygen atoms in total. The quantitative estimate of drug-likeness (QED) is 0.863. The molecule has 0 saturated carbocycles. The molecule has 1 aromatic carbocycles. The Hall–Kier alpha value is -2.14. The molecule has 2 aliphatic rings. The minimum Gasteiger partial charge on any atom is -0.484 e. The topological polar surface area (TPSA) is 34.6 Å². The highest BCUT2D eigenvalue weighted by Gasteiger charge is 2.23. The fourth-order valence-corrected chi connectivity index (χ4v) is 3.23. The van der Waals surface area contributed by atoms with Crippen molar-refractivity contribution >= 4 is 0 Å². The molecule has 1 atom stereocenters. The van der Waals surface area contributed by atoms with Crippen LogP contribution in [0.2, 0.25) is 0 Å². The highest BCUT2D eigenvalue weighted by atomic mass is 19.1. The van der Waals surface area contributed by atoms with Crippen LogP contribution in [-0.2, 0) is 6.54 Å². The van der Waals surface area contributed by atoms with Crippen molar-refractivity contribution in [2.24, 2.45) is 0 Å². The molecule has 0 spiro atoms. The normalized spacial score (nSPS) is 21.6. The van der Waals surface area contributed by atoms with Crippen LogP contribution in [0.3, 0.4) is 0 Å². The highest BCUT2D eigenvalue weighted by Crippen LogP contribution is 2.34. The number of nitrogens with zero attached hydrogens (tertiary/aromatic N) is 2. The molecule has 2 aromatic rings. The van der Waals surface area contributed by atoms with E-state index < -0.39 is 6.17 Å². The summed E-state index contributed by atoms with van der Waals surface area (Å²) >= 11 is 0. The number of pyridine rings is 1. The van der Waals surface area contributed by atoms with Crippen LogP contribution < -0.4 is 9.47 Å². The molecule has 5 heteroatoms. The number of rotatable bonds is 3. The van der Waals surface area contributed by atoms with Gasteiger partial charge in [0.1, 0.15) is 12.8 Å². The van der Waals surface area contributed by atoms with Crippen LogP contribution >= 0.6 is 0 Å². The summed E-state index contributed by atoms with van der Waals surface area (Å²) in [5, 5.41) is 0. The number of benzene rings is 1. The highest BCUT2D eigenvalue weighted by molar-refractivity contribution is 5.35. The van der Waals surface area contributed by atoms with Crippen LogP contribution in [0.25, 0.3) is 0 Å². The third kappa shape index (κ3) is 3.36. The lowest BCUT2D eigenvalue weighted by molar-refractivity contribution is 0.0850. The van der Waals surface area contributed by atoms with Crippen molar-refractivity contribution < 1.29 is 13.9 Å². The maximum Gasteiger partial charge on any atom is 0.257 e. The summed E-state index contributed by atoms with van der Waals surface area (Å²) in [7, 11) is 0. The zero-order valence-corrected chi connectivity index (χ0v) is 13.5. The number of likely N-dealkylation sites (tertiary alicyclic amines) is 1.